The average molecular weight is 315 g/mol. The minimum absolute atomic E-state index is 0.559. The SMILES string of the molecule is CC(C)NCC1CCCN(Cc2c(Cl)cccc2Cl)C1. The summed E-state index contributed by atoms with van der Waals surface area (Å²) in [6.07, 6.45) is 2.57. The fraction of sp³-hybridized carbons (Fsp3) is 0.625. The summed E-state index contributed by atoms with van der Waals surface area (Å²) in [4.78, 5) is 2.48. The van der Waals surface area contributed by atoms with Gasteiger partial charge in [0.2, 0.25) is 0 Å². The van der Waals surface area contributed by atoms with Crippen molar-refractivity contribution in [2.75, 3.05) is 19.6 Å². The Balaban J connectivity index is 1.92. The Hall–Kier alpha value is -0.280. The molecule has 0 amide bonds. The highest BCUT2D eigenvalue weighted by Gasteiger charge is 2.21. The van der Waals surface area contributed by atoms with Crippen LogP contribution in [0.4, 0.5) is 0 Å². The van der Waals surface area contributed by atoms with Crippen LogP contribution in [0.3, 0.4) is 0 Å². The molecule has 4 heteroatoms. The van der Waals surface area contributed by atoms with Crippen molar-refractivity contribution in [3.63, 3.8) is 0 Å². The van der Waals surface area contributed by atoms with E-state index in [2.05, 4.69) is 24.1 Å². The van der Waals surface area contributed by atoms with E-state index in [4.69, 9.17) is 23.2 Å². The van der Waals surface area contributed by atoms with Gasteiger partial charge < -0.3 is 5.32 Å². The second kappa shape index (κ2) is 7.65. The molecule has 1 aliphatic rings. The van der Waals surface area contributed by atoms with Gasteiger partial charge >= 0.3 is 0 Å². The molecule has 0 bridgehead atoms. The summed E-state index contributed by atoms with van der Waals surface area (Å²) in [6, 6.07) is 6.30. The Labute approximate surface area is 132 Å². The summed E-state index contributed by atoms with van der Waals surface area (Å²) in [6.45, 7) is 8.62. The highest BCUT2D eigenvalue weighted by atomic mass is 35.5. The first kappa shape index (κ1) is 16.1. The van der Waals surface area contributed by atoms with Gasteiger partial charge in [0.05, 0.1) is 0 Å². The molecule has 0 spiro atoms. The van der Waals surface area contributed by atoms with Gasteiger partial charge in [-0.2, -0.15) is 0 Å². The third-order valence-corrected chi connectivity index (χ3v) is 4.57. The zero-order chi connectivity index (χ0) is 14.5. The first-order valence-corrected chi connectivity index (χ1v) is 8.20. The van der Waals surface area contributed by atoms with E-state index in [1.54, 1.807) is 0 Å². The van der Waals surface area contributed by atoms with Crippen molar-refractivity contribution in [3.8, 4) is 0 Å². The summed E-state index contributed by atoms with van der Waals surface area (Å²) in [5.74, 6) is 0.729. The van der Waals surface area contributed by atoms with E-state index in [9.17, 15) is 0 Å². The topological polar surface area (TPSA) is 15.3 Å². The molecule has 2 nitrogen and oxygen atoms in total. The number of nitrogens with one attached hydrogen (secondary N) is 1. The summed E-state index contributed by atoms with van der Waals surface area (Å²) >= 11 is 12.5. The largest absolute Gasteiger partial charge is 0.314 e. The predicted molar refractivity (Wildman–Crippen MR) is 87.6 cm³/mol. The first-order valence-electron chi connectivity index (χ1n) is 7.45. The van der Waals surface area contributed by atoms with Crippen molar-refractivity contribution >= 4 is 23.2 Å². The normalized spacial score (nSPS) is 20.6. The Kier molecular flexibility index (Phi) is 6.16. The highest BCUT2D eigenvalue weighted by molar-refractivity contribution is 6.35. The molecule has 0 aromatic heterocycles. The van der Waals surface area contributed by atoms with Gasteiger partial charge in [0.25, 0.3) is 0 Å². The maximum Gasteiger partial charge on any atom is 0.0465 e. The van der Waals surface area contributed by atoms with E-state index in [1.165, 1.54) is 12.8 Å². The molecule has 1 unspecified atom stereocenters. The lowest BCUT2D eigenvalue weighted by atomic mass is 9.97. The third-order valence-electron chi connectivity index (χ3n) is 3.86. The average Bonchev–Trinajstić information content (AvgIpc) is 2.41. The van der Waals surface area contributed by atoms with Gasteiger partial charge in [-0.05, 0) is 44.0 Å². The quantitative estimate of drug-likeness (QED) is 0.876. The van der Waals surface area contributed by atoms with Crippen LogP contribution in [0.2, 0.25) is 10.0 Å². The van der Waals surface area contributed by atoms with Crippen molar-refractivity contribution in [2.45, 2.75) is 39.3 Å². The molecular weight excluding hydrogens is 291 g/mol. The number of likely N-dealkylation sites (tertiary alicyclic amines) is 1. The van der Waals surface area contributed by atoms with Crippen molar-refractivity contribution in [1.82, 2.24) is 10.2 Å². The standard InChI is InChI=1S/C16H24Cl2N2/c1-12(2)19-9-13-5-4-8-20(10-13)11-14-15(17)6-3-7-16(14)18/h3,6-7,12-13,19H,4-5,8-11H2,1-2H3. The lowest BCUT2D eigenvalue weighted by molar-refractivity contribution is 0.164. The Bertz CT molecular complexity index is 414. The van der Waals surface area contributed by atoms with Gasteiger partial charge in [-0.15, -0.1) is 0 Å². The van der Waals surface area contributed by atoms with Gasteiger partial charge in [-0.25, -0.2) is 0 Å². The van der Waals surface area contributed by atoms with Crippen molar-refractivity contribution in [2.24, 2.45) is 5.92 Å². The van der Waals surface area contributed by atoms with Crippen molar-refractivity contribution in [1.29, 1.82) is 0 Å². The molecule has 1 saturated heterocycles. The summed E-state index contributed by atoms with van der Waals surface area (Å²) < 4.78 is 0. The molecule has 1 aromatic rings. The molecule has 2 rings (SSSR count). The number of hydrogen-bond donors (Lipinski definition) is 1. The zero-order valence-electron chi connectivity index (χ0n) is 12.3. The molecule has 1 aromatic carbocycles. The molecule has 0 radical (unpaired) electrons. The Morgan fingerprint density at radius 2 is 2.00 bits per heavy atom. The molecule has 1 fully saturated rings. The number of halogens is 2. The minimum atomic E-state index is 0.559. The number of nitrogens with zero attached hydrogens (tertiary/aromatic N) is 1. The first-order chi connectivity index (χ1) is 9.56. The van der Waals surface area contributed by atoms with Crippen LogP contribution in [-0.4, -0.2) is 30.6 Å². The lowest BCUT2D eigenvalue weighted by Gasteiger charge is -2.33. The van der Waals surface area contributed by atoms with Crippen molar-refractivity contribution < 1.29 is 0 Å². The van der Waals surface area contributed by atoms with E-state index in [0.717, 1.165) is 47.7 Å². The molecule has 20 heavy (non-hydrogen) atoms. The molecule has 1 heterocycles. The zero-order valence-corrected chi connectivity index (χ0v) is 13.8. The molecule has 1 aliphatic heterocycles. The number of benzene rings is 1. The second-order valence-electron chi connectivity index (χ2n) is 6.01. The second-order valence-corrected chi connectivity index (χ2v) is 6.82. The third kappa shape index (κ3) is 4.63. The number of piperidine rings is 1. The van der Waals surface area contributed by atoms with E-state index in [-0.39, 0.29) is 0 Å². The number of rotatable bonds is 5. The monoisotopic (exact) mass is 314 g/mol. The van der Waals surface area contributed by atoms with Crippen LogP contribution in [0.25, 0.3) is 0 Å². The van der Waals surface area contributed by atoms with Crippen molar-refractivity contribution in [3.05, 3.63) is 33.8 Å². The van der Waals surface area contributed by atoms with Crippen LogP contribution in [0.1, 0.15) is 32.3 Å². The molecule has 0 aliphatic carbocycles. The summed E-state index contributed by atoms with van der Waals surface area (Å²) in [5.41, 5.74) is 1.06. The molecular formula is C16H24Cl2N2. The van der Waals surface area contributed by atoms with E-state index >= 15 is 0 Å². The fourth-order valence-corrected chi connectivity index (χ4v) is 3.29. The summed E-state index contributed by atoms with van der Waals surface area (Å²) in [7, 11) is 0. The van der Waals surface area contributed by atoms with Crippen LogP contribution >= 0.6 is 23.2 Å². The minimum Gasteiger partial charge on any atom is -0.314 e. The van der Waals surface area contributed by atoms with Crippen LogP contribution in [-0.2, 0) is 6.54 Å². The van der Waals surface area contributed by atoms with Gasteiger partial charge in [-0.1, -0.05) is 43.1 Å². The summed E-state index contributed by atoms with van der Waals surface area (Å²) in [5, 5.41) is 5.10. The molecule has 0 saturated carbocycles. The van der Waals surface area contributed by atoms with Gasteiger partial charge in [-0.3, -0.25) is 4.90 Å². The van der Waals surface area contributed by atoms with Crippen LogP contribution in [0.15, 0.2) is 18.2 Å². The molecule has 112 valence electrons. The van der Waals surface area contributed by atoms with E-state index in [1.807, 2.05) is 18.2 Å². The van der Waals surface area contributed by atoms with Gasteiger partial charge in [0.15, 0.2) is 0 Å². The Morgan fingerprint density at radius 3 is 2.65 bits per heavy atom. The lowest BCUT2D eigenvalue weighted by Crippen LogP contribution is -2.40. The fourth-order valence-electron chi connectivity index (χ4n) is 2.77. The smallest absolute Gasteiger partial charge is 0.0465 e. The maximum absolute atomic E-state index is 6.26. The van der Waals surface area contributed by atoms with E-state index < -0.39 is 0 Å². The molecule has 1 N–H and O–H groups in total. The highest BCUT2D eigenvalue weighted by Crippen LogP contribution is 2.27. The van der Waals surface area contributed by atoms with Gasteiger partial charge in [0.1, 0.15) is 0 Å². The van der Waals surface area contributed by atoms with E-state index in [0.29, 0.717) is 6.04 Å². The van der Waals surface area contributed by atoms with Crippen LogP contribution in [0.5, 0.6) is 0 Å². The van der Waals surface area contributed by atoms with Crippen LogP contribution in [0, 0.1) is 5.92 Å². The number of hydrogen-bond acceptors (Lipinski definition) is 2. The van der Waals surface area contributed by atoms with Crippen LogP contribution < -0.4 is 5.32 Å². The maximum atomic E-state index is 6.26. The van der Waals surface area contributed by atoms with Gasteiger partial charge in [0, 0.05) is 34.7 Å². The predicted octanol–water partition coefficient (Wildman–Crippen LogP) is 4.20. The Morgan fingerprint density at radius 1 is 1.30 bits per heavy atom. The molecule has 1 atom stereocenters.